The van der Waals surface area contributed by atoms with Gasteiger partial charge in [0.05, 0.1) is 29.6 Å². The highest BCUT2D eigenvalue weighted by atomic mass is 35.5. The van der Waals surface area contributed by atoms with Gasteiger partial charge in [-0.1, -0.05) is 41.4 Å². The zero-order valence-corrected chi connectivity index (χ0v) is 18.9. The number of hydrogen-bond acceptors (Lipinski definition) is 3. The highest BCUT2D eigenvalue weighted by Crippen LogP contribution is 2.46. The Bertz CT molecular complexity index is 1200. The maximum absolute atomic E-state index is 13.4. The van der Waals surface area contributed by atoms with Crippen molar-refractivity contribution in [3.8, 4) is 11.1 Å². The van der Waals surface area contributed by atoms with Crippen molar-refractivity contribution >= 4 is 40.0 Å². The highest BCUT2D eigenvalue weighted by molar-refractivity contribution is 6.35. The van der Waals surface area contributed by atoms with Crippen molar-refractivity contribution < 1.29 is 9.63 Å². The van der Waals surface area contributed by atoms with Gasteiger partial charge in [-0.2, -0.15) is 5.06 Å². The van der Waals surface area contributed by atoms with Crippen LogP contribution < -0.4 is 0 Å². The van der Waals surface area contributed by atoms with E-state index in [2.05, 4.69) is 28.1 Å². The highest BCUT2D eigenvalue weighted by Gasteiger charge is 2.53. The summed E-state index contributed by atoms with van der Waals surface area (Å²) in [6.45, 7) is 2.75. The third-order valence-corrected chi connectivity index (χ3v) is 7.65. The molecule has 2 aromatic carbocycles. The average molecular weight is 456 g/mol. The monoisotopic (exact) mass is 455 g/mol. The molecule has 0 radical (unpaired) electrons. The fourth-order valence-electron chi connectivity index (χ4n) is 5.88. The fourth-order valence-corrected chi connectivity index (χ4v) is 6.40. The summed E-state index contributed by atoms with van der Waals surface area (Å²) in [6.07, 6.45) is 1.64. The van der Waals surface area contributed by atoms with Crippen LogP contribution in [0.15, 0.2) is 36.4 Å². The van der Waals surface area contributed by atoms with E-state index in [4.69, 9.17) is 28.0 Å². The van der Waals surface area contributed by atoms with E-state index in [1.54, 1.807) is 6.07 Å². The summed E-state index contributed by atoms with van der Waals surface area (Å²) in [6, 6.07) is 12.1. The normalized spacial score (nSPS) is 28.0. The second-order valence-electron chi connectivity index (χ2n) is 8.89. The van der Waals surface area contributed by atoms with E-state index in [9.17, 15) is 4.79 Å². The first-order valence-electron chi connectivity index (χ1n) is 10.7. The van der Waals surface area contributed by atoms with Gasteiger partial charge >= 0.3 is 0 Å². The lowest BCUT2D eigenvalue weighted by atomic mass is 9.80. The summed E-state index contributed by atoms with van der Waals surface area (Å²) in [5, 5.41) is 4.33. The van der Waals surface area contributed by atoms with Gasteiger partial charge in [0.2, 0.25) is 5.91 Å². The number of piperidine rings is 1. The van der Waals surface area contributed by atoms with E-state index in [-0.39, 0.29) is 30.0 Å². The molecule has 5 nitrogen and oxygen atoms in total. The molecule has 0 aliphatic carbocycles. The molecule has 3 aromatic rings. The summed E-state index contributed by atoms with van der Waals surface area (Å²) in [5.74, 6) is 0.126. The van der Waals surface area contributed by atoms with E-state index in [1.807, 2.05) is 31.2 Å². The molecule has 3 aliphatic heterocycles. The first kappa shape index (κ1) is 19.6. The SMILES string of the molecule is C[C@@H]1ON(C)[C@H]2C[C@H]3c4[nH]c5c(-c6cc(Cl)cc(Cl)c6)cccc5c4CCN3C(=O)[C@@H]12. The van der Waals surface area contributed by atoms with Crippen molar-refractivity contribution in [2.75, 3.05) is 13.6 Å². The van der Waals surface area contributed by atoms with Gasteiger partial charge in [0.15, 0.2) is 0 Å². The minimum atomic E-state index is -0.0867. The zero-order chi connectivity index (χ0) is 21.4. The maximum atomic E-state index is 13.4. The number of carbonyl (C=O) groups excluding carboxylic acids is 1. The molecule has 160 valence electrons. The molecule has 1 N–H and O–H groups in total. The summed E-state index contributed by atoms with van der Waals surface area (Å²) in [4.78, 5) is 25.0. The number of nitrogens with zero attached hydrogens (tertiary/aromatic N) is 2. The van der Waals surface area contributed by atoms with Crippen LogP contribution in [0.25, 0.3) is 22.0 Å². The van der Waals surface area contributed by atoms with Crippen LogP contribution in [0.4, 0.5) is 0 Å². The molecule has 7 heteroatoms. The number of amides is 1. The fraction of sp³-hybridized carbons (Fsp3) is 0.375. The number of H-pyrrole nitrogens is 1. The Morgan fingerprint density at radius 2 is 1.94 bits per heavy atom. The number of benzene rings is 2. The first-order chi connectivity index (χ1) is 14.9. The first-order valence-corrected chi connectivity index (χ1v) is 11.5. The Kier molecular flexibility index (Phi) is 4.41. The molecule has 1 amide bonds. The van der Waals surface area contributed by atoms with E-state index < -0.39 is 0 Å². The third kappa shape index (κ3) is 2.87. The van der Waals surface area contributed by atoms with E-state index in [0.29, 0.717) is 10.0 Å². The van der Waals surface area contributed by atoms with Crippen LogP contribution in [-0.4, -0.2) is 46.6 Å². The third-order valence-electron chi connectivity index (χ3n) is 7.21. The molecule has 0 spiro atoms. The van der Waals surface area contributed by atoms with E-state index in [0.717, 1.165) is 41.7 Å². The van der Waals surface area contributed by atoms with Crippen LogP contribution in [0.2, 0.25) is 10.0 Å². The number of carbonyl (C=O) groups is 1. The molecule has 6 rings (SSSR count). The van der Waals surface area contributed by atoms with Crippen molar-refractivity contribution in [1.29, 1.82) is 0 Å². The summed E-state index contributed by atoms with van der Waals surface area (Å²) < 4.78 is 0. The van der Waals surface area contributed by atoms with Crippen molar-refractivity contribution in [3.63, 3.8) is 0 Å². The second kappa shape index (κ2) is 6.97. The lowest BCUT2D eigenvalue weighted by molar-refractivity contribution is -0.146. The molecule has 0 bridgehead atoms. The molecule has 4 atom stereocenters. The maximum Gasteiger partial charge on any atom is 0.230 e. The van der Waals surface area contributed by atoms with Gasteiger partial charge in [-0.3, -0.25) is 9.63 Å². The van der Waals surface area contributed by atoms with Gasteiger partial charge in [0.25, 0.3) is 0 Å². The molecule has 0 unspecified atom stereocenters. The molecule has 0 saturated carbocycles. The summed E-state index contributed by atoms with van der Waals surface area (Å²) in [5.41, 5.74) is 5.59. The number of aromatic amines is 1. The number of para-hydroxylation sites is 1. The van der Waals surface area contributed by atoms with Gasteiger partial charge in [-0.25, -0.2) is 0 Å². The Hall–Kier alpha value is -2.05. The molecule has 31 heavy (non-hydrogen) atoms. The predicted molar refractivity (Wildman–Crippen MR) is 122 cm³/mol. The van der Waals surface area contributed by atoms with Crippen LogP contribution in [0.3, 0.4) is 0 Å². The Balaban J connectivity index is 1.48. The van der Waals surface area contributed by atoms with Crippen LogP contribution in [0.5, 0.6) is 0 Å². The van der Waals surface area contributed by atoms with Gasteiger partial charge in [-0.05, 0) is 49.1 Å². The average Bonchev–Trinajstić information content (AvgIpc) is 3.24. The zero-order valence-electron chi connectivity index (χ0n) is 17.4. The molecular formula is C24H23Cl2N3O2. The number of fused-ring (bicyclic) bond motifs is 6. The van der Waals surface area contributed by atoms with Gasteiger partial charge in [0.1, 0.15) is 0 Å². The molecule has 2 saturated heterocycles. The molecule has 3 aliphatic rings. The Morgan fingerprint density at radius 1 is 1.16 bits per heavy atom. The number of halogens is 2. The van der Waals surface area contributed by atoms with Crippen LogP contribution in [0, 0.1) is 5.92 Å². The van der Waals surface area contributed by atoms with Crippen LogP contribution in [-0.2, 0) is 16.1 Å². The summed E-state index contributed by atoms with van der Waals surface area (Å²) in [7, 11) is 1.94. The molecule has 2 fully saturated rings. The van der Waals surface area contributed by atoms with E-state index >= 15 is 0 Å². The van der Waals surface area contributed by atoms with Crippen molar-refractivity contribution in [2.45, 2.75) is 38.0 Å². The predicted octanol–water partition coefficient (Wildman–Crippen LogP) is 5.22. The lowest BCUT2D eigenvalue weighted by Crippen LogP contribution is -2.54. The van der Waals surface area contributed by atoms with Crippen LogP contribution in [0.1, 0.15) is 30.6 Å². The standard InChI is InChI=1S/C24H23Cl2N3O2/c1-12-21-19(28(2)31-12)11-20-23-18(6-7-29(20)24(21)30)17-5-3-4-16(22(17)27-23)13-8-14(25)10-15(26)9-13/h3-5,8-10,12,19-21,27H,6-7,11H2,1-2H3/t12-,19-,20-,21-/m0/s1. The van der Waals surface area contributed by atoms with Crippen molar-refractivity contribution in [2.24, 2.45) is 5.92 Å². The lowest BCUT2D eigenvalue weighted by Gasteiger charge is -2.44. The number of nitrogens with one attached hydrogen (secondary N) is 1. The van der Waals surface area contributed by atoms with Crippen molar-refractivity contribution in [1.82, 2.24) is 14.9 Å². The second-order valence-corrected chi connectivity index (χ2v) is 9.76. The topological polar surface area (TPSA) is 48.6 Å². The molecule has 4 heterocycles. The minimum absolute atomic E-state index is 0.0389. The van der Waals surface area contributed by atoms with E-state index in [1.165, 1.54) is 10.9 Å². The van der Waals surface area contributed by atoms with Gasteiger partial charge in [-0.15, -0.1) is 0 Å². The number of rotatable bonds is 1. The van der Waals surface area contributed by atoms with Gasteiger partial charge < -0.3 is 9.88 Å². The minimum Gasteiger partial charge on any atom is -0.356 e. The molecular weight excluding hydrogens is 433 g/mol. The van der Waals surface area contributed by atoms with Gasteiger partial charge in [0, 0.05) is 40.3 Å². The summed E-state index contributed by atoms with van der Waals surface area (Å²) >= 11 is 12.6. The quantitative estimate of drug-likeness (QED) is 0.546. The Morgan fingerprint density at radius 3 is 2.71 bits per heavy atom. The largest absolute Gasteiger partial charge is 0.356 e. The number of hydroxylamine groups is 2. The number of aromatic nitrogens is 1. The van der Waals surface area contributed by atoms with Crippen LogP contribution >= 0.6 is 23.2 Å². The molecule has 1 aromatic heterocycles. The smallest absolute Gasteiger partial charge is 0.230 e. The van der Waals surface area contributed by atoms with Crippen molar-refractivity contribution in [3.05, 3.63) is 57.7 Å². The Labute approximate surface area is 190 Å². The number of hydrogen-bond donors (Lipinski definition) is 1.